The summed E-state index contributed by atoms with van der Waals surface area (Å²) in [5.41, 5.74) is 10.1. The van der Waals surface area contributed by atoms with E-state index < -0.39 is 0 Å². The zero-order valence-electron chi connectivity index (χ0n) is 12.5. The van der Waals surface area contributed by atoms with Crippen molar-refractivity contribution in [3.05, 3.63) is 65.2 Å². The van der Waals surface area contributed by atoms with E-state index in [4.69, 9.17) is 10.5 Å². The van der Waals surface area contributed by atoms with E-state index in [0.29, 0.717) is 12.3 Å². The van der Waals surface area contributed by atoms with Crippen molar-refractivity contribution < 1.29 is 4.74 Å². The summed E-state index contributed by atoms with van der Waals surface area (Å²) < 4.78 is 5.79. The SMILES string of the molecule is Cc1csc(-c2ccc(OCCc3ccccc3)c(N)c2)n1. The van der Waals surface area contributed by atoms with Crippen LogP contribution in [0.15, 0.2) is 53.9 Å². The van der Waals surface area contributed by atoms with Gasteiger partial charge in [0.1, 0.15) is 10.8 Å². The number of ether oxygens (including phenoxy) is 1. The number of anilines is 1. The third-order valence-electron chi connectivity index (χ3n) is 3.37. The summed E-state index contributed by atoms with van der Waals surface area (Å²) >= 11 is 1.62. The molecule has 0 amide bonds. The van der Waals surface area contributed by atoms with Gasteiger partial charge < -0.3 is 10.5 Å². The number of aromatic nitrogens is 1. The Morgan fingerprint density at radius 1 is 1.14 bits per heavy atom. The van der Waals surface area contributed by atoms with Crippen LogP contribution in [0.5, 0.6) is 5.75 Å². The summed E-state index contributed by atoms with van der Waals surface area (Å²) in [6, 6.07) is 16.1. The molecule has 0 fully saturated rings. The molecule has 22 heavy (non-hydrogen) atoms. The summed E-state index contributed by atoms with van der Waals surface area (Å²) in [6.07, 6.45) is 0.869. The quantitative estimate of drug-likeness (QED) is 0.714. The molecule has 112 valence electrons. The van der Waals surface area contributed by atoms with E-state index in [1.807, 2.05) is 48.7 Å². The average molecular weight is 310 g/mol. The van der Waals surface area contributed by atoms with Gasteiger partial charge in [0.15, 0.2) is 0 Å². The molecule has 0 atom stereocenters. The molecule has 2 aromatic carbocycles. The molecule has 0 unspecified atom stereocenters. The lowest BCUT2D eigenvalue weighted by molar-refractivity contribution is 0.323. The topological polar surface area (TPSA) is 48.1 Å². The van der Waals surface area contributed by atoms with Crippen molar-refractivity contribution >= 4 is 17.0 Å². The van der Waals surface area contributed by atoms with Gasteiger partial charge in [-0.25, -0.2) is 4.98 Å². The van der Waals surface area contributed by atoms with Crippen LogP contribution in [0.25, 0.3) is 10.6 Å². The lowest BCUT2D eigenvalue weighted by atomic mass is 10.1. The first-order valence-corrected chi connectivity index (χ1v) is 8.09. The molecule has 0 radical (unpaired) electrons. The number of hydrogen-bond acceptors (Lipinski definition) is 4. The van der Waals surface area contributed by atoms with Crippen molar-refractivity contribution in [2.45, 2.75) is 13.3 Å². The number of hydrogen-bond donors (Lipinski definition) is 1. The third kappa shape index (κ3) is 3.46. The van der Waals surface area contributed by atoms with Gasteiger partial charge in [-0.15, -0.1) is 11.3 Å². The highest BCUT2D eigenvalue weighted by molar-refractivity contribution is 7.13. The summed E-state index contributed by atoms with van der Waals surface area (Å²) in [4.78, 5) is 4.48. The van der Waals surface area contributed by atoms with E-state index in [0.717, 1.165) is 28.4 Å². The predicted molar refractivity (Wildman–Crippen MR) is 92.3 cm³/mol. The van der Waals surface area contributed by atoms with E-state index in [-0.39, 0.29) is 0 Å². The Bertz CT molecular complexity index is 753. The Morgan fingerprint density at radius 2 is 1.95 bits per heavy atom. The van der Waals surface area contributed by atoms with Crippen LogP contribution in [-0.2, 0) is 6.42 Å². The van der Waals surface area contributed by atoms with E-state index in [1.54, 1.807) is 11.3 Å². The molecule has 0 aliphatic heterocycles. The number of nitrogens with zero attached hydrogens (tertiary/aromatic N) is 1. The van der Waals surface area contributed by atoms with Crippen molar-refractivity contribution in [1.29, 1.82) is 0 Å². The van der Waals surface area contributed by atoms with Gasteiger partial charge in [0.05, 0.1) is 12.3 Å². The minimum Gasteiger partial charge on any atom is -0.491 e. The van der Waals surface area contributed by atoms with Crippen LogP contribution in [0.4, 0.5) is 5.69 Å². The number of aryl methyl sites for hydroxylation is 1. The van der Waals surface area contributed by atoms with Gasteiger partial charge in [-0.2, -0.15) is 0 Å². The molecule has 4 heteroatoms. The molecule has 3 rings (SSSR count). The number of nitrogens with two attached hydrogens (primary N) is 1. The predicted octanol–water partition coefficient (Wildman–Crippen LogP) is 4.32. The van der Waals surface area contributed by atoms with Crippen LogP contribution >= 0.6 is 11.3 Å². The third-order valence-corrected chi connectivity index (χ3v) is 4.38. The summed E-state index contributed by atoms with van der Waals surface area (Å²) in [5, 5.41) is 3.02. The second kappa shape index (κ2) is 6.62. The lowest BCUT2D eigenvalue weighted by Crippen LogP contribution is -2.03. The van der Waals surface area contributed by atoms with Crippen molar-refractivity contribution in [2.24, 2.45) is 0 Å². The maximum atomic E-state index is 6.10. The molecule has 0 spiro atoms. The molecule has 1 heterocycles. The second-order valence-electron chi connectivity index (χ2n) is 5.13. The minimum absolute atomic E-state index is 0.615. The Hall–Kier alpha value is -2.33. The van der Waals surface area contributed by atoms with Gasteiger partial charge in [-0.1, -0.05) is 30.3 Å². The van der Waals surface area contributed by atoms with Crippen LogP contribution in [0.1, 0.15) is 11.3 Å². The average Bonchev–Trinajstić information content (AvgIpc) is 2.96. The minimum atomic E-state index is 0.615. The molecule has 3 aromatic rings. The van der Waals surface area contributed by atoms with Gasteiger partial charge in [-0.05, 0) is 30.7 Å². The summed E-state index contributed by atoms with van der Waals surface area (Å²) in [5.74, 6) is 0.730. The molecule has 2 N–H and O–H groups in total. The van der Waals surface area contributed by atoms with Crippen LogP contribution in [0.2, 0.25) is 0 Å². The molecule has 3 nitrogen and oxygen atoms in total. The van der Waals surface area contributed by atoms with Gasteiger partial charge >= 0.3 is 0 Å². The first-order chi connectivity index (χ1) is 10.7. The van der Waals surface area contributed by atoms with Crippen LogP contribution in [0.3, 0.4) is 0 Å². The standard InChI is InChI=1S/C18H18N2OS/c1-13-12-22-18(20-13)15-7-8-17(16(19)11-15)21-10-9-14-5-3-2-4-6-14/h2-8,11-12H,9-10,19H2,1H3. The molecule has 0 aliphatic carbocycles. The Balaban J connectivity index is 1.65. The Kier molecular flexibility index (Phi) is 4.39. The zero-order valence-corrected chi connectivity index (χ0v) is 13.3. The van der Waals surface area contributed by atoms with Crippen molar-refractivity contribution in [2.75, 3.05) is 12.3 Å². The molecular formula is C18H18N2OS. The van der Waals surface area contributed by atoms with Gasteiger partial charge in [0, 0.05) is 23.1 Å². The number of benzene rings is 2. The monoisotopic (exact) mass is 310 g/mol. The molecule has 1 aromatic heterocycles. The fraction of sp³-hybridized carbons (Fsp3) is 0.167. The van der Waals surface area contributed by atoms with E-state index in [9.17, 15) is 0 Å². The van der Waals surface area contributed by atoms with Crippen LogP contribution in [0, 0.1) is 6.92 Å². The fourth-order valence-electron chi connectivity index (χ4n) is 2.22. The smallest absolute Gasteiger partial charge is 0.142 e. The van der Waals surface area contributed by atoms with E-state index in [2.05, 4.69) is 17.1 Å². The number of nitrogen functional groups attached to an aromatic ring is 1. The number of thiazole rings is 1. The van der Waals surface area contributed by atoms with Crippen molar-refractivity contribution in [3.8, 4) is 16.3 Å². The van der Waals surface area contributed by atoms with Crippen molar-refractivity contribution in [3.63, 3.8) is 0 Å². The lowest BCUT2D eigenvalue weighted by Gasteiger charge is -2.10. The van der Waals surface area contributed by atoms with Gasteiger partial charge in [-0.3, -0.25) is 0 Å². The van der Waals surface area contributed by atoms with Crippen LogP contribution < -0.4 is 10.5 Å². The fourth-order valence-corrected chi connectivity index (χ4v) is 3.02. The largest absolute Gasteiger partial charge is 0.491 e. The first kappa shape index (κ1) is 14.6. The maximum Gasteiger partial charge on any atom is 0.142 e. The first-order valence-electron chi connectivity index (χ1n) is 7.21. The van der Waals surface area contributed by atoms with Gasteiger partial charge in [0.2, 0.25) is 0 Å². The summed E-state index contributed by atoms with van der Waals surface area (Å²) in [7, 11) is 0. The van der Waals surface area contributed by atoms with E-state index in [1.165, 1.54) is 5.56 Å². The Labute approximate surface area is 134 Å². The highest BCUT2D eigenvalue weighted by Gasteiger charge is 2.07. The normalized spacial score (nSPS) is 10.6. The van der Waals surface area contributed by atoms with Crippen LogP contribution in [-0.4, -0.2) is 11.6 Å². The van der Waals surface area contributed by atoms with E-state index >= 15 is 0 Å². The molecule has 0 saturated heterocycles. The molecular weight excluding hydrogens is 292 g/mol. The Morgan fingerprint density at radius 3 is 2.64 bits per heavy atom. The second-order valence-corrected chi connectivity index (χ2v) is 5.99. The molecule has 0 aliphatic rings. The molecule has 0 bridgehead atoms. The highest BCUT2D eigenvalue weighted by Crippen LogP contribution is 2.30. The zero-order chi connectivity index (χ0) is 15.4. The maximum absolute atomic E-state index is 6.10. The van der Waals surface area contributed by atoms with Crippen molar-refractivity contribution in [1.82, 2.24) is 4.98 Å². The number of rotatable bonds is 5. The highest BCUT2D eigenvalue weighted by atomic mass is 32.1. The summed E-state index contributed by atoms with van der Waals surface area (Å²) in [6.45, 7) is 2.61. The molecule has 0 saturated carbocycles. The van der Waals surface area contributed by atoms with Gasteiger partial charge in [0.25, 0.3) is 0 Å².